The molecule has 8 heteroatoms. The minimum absolute atomic E-state index is 0.165. The first-order valence-corrected chi connectivity index (χ1v) is 12.1. The second-order valence-corrected chi connectivity index (χ2v) is 9.66. The van der Waals surface area contributed by atoms with Gasteiger partial charge in [-0.15, -0.1) is 0 Å². The molecular formula is C22H26Br2N2O4. The lowest BCUT2D eigenvalue weighted by Crippen LogP contribution is -2.29. The quantitative estimate of drug-likeness (QED) is 0.404. The first kappa shape index (κ1) is 23.1. The lowest BCUT2D eigenvalue weighted by atomic mass is 10.1. The van der Waals surface area contributed by atoms with Gasteiger partial charge in [-0.1, -0.05) is 39.5 Å². The van der Waals surface area contributed by atoms with E-state index in [1.807, 2.05) is 13.8 Å². The van der Waals surface area contributed by atoms with Crippen molar-refractivity contribution in [1.82, 2.24) is 9.13 Å². The molecule has 0 bridgehead atoms. The van der Waals surface area contributed by atoms with Crippen molar-refractivity contribution in [3.05, 3.63) is 50.4 Å². The van der Waals surface area contributed by atoms with Crippen LogP contribution in [0.25, 0.3) is 21.5 Å². The van der Waals surface area contributed by atoms with Gasteiger partial charge < -0.3 is 0 Å². The van der Waals surface area contributed by atoms with Gasteiger partial charge in [-0.3, -0.25) is 28.3 Å². The predicted octanol–water partition coefficient (Wildman–Crippen LogP) is 4.94. The van der Waals surface area contributed by atoms with E-state index in [9.17, 15) is 19.2 Å². The molecule has 0 saturated heterocycles. The Balaban J connectivity index is 2.39. The van der Waals surface area contributed by atoms with Gasteiger partial charge in [0.1, 0.15) is 0 Å². The number of hydrogen-bond acceptors (Lipinski definition) is 4. The zero-order valence-electron chi connectivity index (χ0n) is 17.7. The Labute approximate surface area is 190 Å². The summed E-state index contributed by atoms with van der Waals surface area (Å²) in [5, 5.41) is 0.660. The summed E-state index contributed by atoms with van der Waals surface area (Å²) in [5.41, 5.74) is -1.70. The summed E-state index contributed by atoms with van der Waals surface area (Å²) in [6, 6.07) is -0.522. The summed E-state index contributed by atoms with van der Waals surface area (Å²) in [7, 11) is 0. The SMILES string of the molecule is CCCCC(C)n1c(=O)c2c(Br)c3c(=O)n(C(C)CCCC)c(=O)c3c(Br)c2c1=O. The van der Waals surface area contributed by atoms with Gasteiger partial charge in [-0.05, 0) is 58.5 Å². The van der Waals surface area contributed by atoms with Gasteiger partial charge in [-0.2, -0.15) is 0 Å². The van der Waals surface area contributed by atoms with Gasteiger partial charge in [0.15, 0.2) is 0 Å². The van der Waals surface area contributed by atoms with E-state index in [1.54, 1.807) is 0 Å². The summed E-state index contributed by atoms with van der Waals surface area (Å²) < 4.78 is 2.98. The minimum atomic E-state index is -0.424. The molecule has 0 N–H and O–H groups in total. The molecule has 6 nitrogen and oxygen atoms in total. The van der Waals surface area contributed by atoms with Crippen molar-refractivity contribution in [1.29, 1.82) is 0 Å². The molecule has 0 fully saturated rings. The largest absolute Gasteiger partial charge is 0.271 e. The van der Waals surface area contributed by atoms with E-state index in [1.165, 1.54) is 9.13 Å². The van der Waals surface area contributed by atoms with Gasteiger partial charge in [0.2, 0.25) is 0 Å². The van der Waals surface area contributed by atoms with Crippen molar-refractivity contribution < 1.29 is 0 Å². The highest BCUT2D eigenvalue weighted by atomic mass is 79.9. The van der Waals surface area contributed by atoms with Crippen LogP contribution in [-0.2, 0) is 0 Å². The normalized spacial score (nSPS) is 14.1. The van der Waals surface area contributed by atoms with E-state index >= 15 is 0 Å². The van der Waals surface area contributed by atoms with Crippen molar-refractivity contribution in [2.75, 3.05) is 0 Å². The molecule has 2 atom stereocenters. The first-order chi connectivity index (χ1) is 14.2. The van der Waals surface area contributed by atoms with Gasteiger partial charge in [0.05, 0.1) is 21.5 Å². The molecule has 3 rings (SSSR count). The number of hydrogen-bond donors (Lipinski definition) is 0. The smallest absolute Gasteiger partial charge is 0.263 e. The average Bonchev–Trinajstić information content (AvgIpc) is 3.12. The fourth-order valence-electron chi connectivity index (χ4n) is 4.22. The fourth-order valence-corrected chi connectivity index (χ4v) is 5.69. The van der Waals surface area contributed by atoms with E-state index < -0.39 is 22.2 Å². The van der Waals surface area contributed by atoms with Crippen LogP contribution in [-0.4, -0.2) is 9.13 Å². The third-order valence-electron chi connectivity index (χ3n) is 5.94. The molecule has 2 aromatic heterocycles. The molecule has 0 radical (unpaired) electrons. The lowest BCUT2D eigenvalue weighted by Gasteiger charge is -2.10. The molecule has 162 valence electrons. The van der Waals surface area contributed by atoms with Crippen LogP contribution in [0.1, 0.15) is 78.3 Å². The highest BCUT2D eigenvalue weighted by Gasteiger charge is 2.29. The van der Waals surface area contributed by atoms with Crippen molar-refractivity contribution in [2.45, 2.75) is 78.3 Å². The fraction of sp³-hybridized carbons (Fsp3) is 0.545. The maximum atomic E-state index is 13.2. The van der Waals surface area contributed by atoms with Crippen molar-refractivity contribution >= 4 is 53.4 Å². The second kappa shape index (κ2) is 8.91. The molecule has 0 amide bonds. The number of halogens is 2. The lowest BCUT2D eigenvalue weighted by molar-refractivity contribution is 0.469. The summed E-state index contributed by atoms with van der Waals surface area (Å²) in [6.07, 6.45) is 5.13. The Bertz CT molecular complexity index is 1130. The molecule has 30 heavy (non-hydrogen) atoms. The van der Waals surface area contributed by atoms with Gasteiger partial charge in [0, 0.05) is 21.0 Å². The predicted molar refractivity (Wildman–Crippen MR) is 129 cm³/mol. The number of fused-ring (bicyclic) bond motifs is 2. The molecule has 2 heterocycles. The molecule has 0 spiro atoms. The molecule has 0 saturated carbocycles. The van der Waals surface area contributed by atoms with Gasteiger partial charge in [0.25, 0.3) is 22.2 Å². The van der Waals surface area contributed by atoms with E-state index in [2.05, 4.69) is 45.7 Å². The van der Waals surface area contributed by atoms with E-state index in [4.69, 9.17) is 0 Å². The topological polar surface area (TPSA) is 78.1 Å². The summed E-state index contributed by atoms with van der Waals surface area (Å²) in [5.74, 6) is 0. The Morgan fingerprint density at radius 1 is 0.633 bits per heavy atom. The van der Waals surface area contributed by atoms with Crippen LogP contribution in [0, 0.1) is 0 Å². The molecular weight excluding hydrogens is 516 g/mol. The molecule has 0 aliphatic heterocycles. The number of rotatable bonds is 8. The Morgan fingerprint density at radius 3 is 1.13 bits per heavy atom. The zero-order chi connectivity index (χ0) is 22.3. The molecule has 3 aromatic rings. The van der Waals surface area contributed by atoms with Crippen LogP contribution in [0.15, 0.2) is 28.1 Å². The summed E-state index contributed by atoms with van der Waals surface area (Å²) in [4.78, 5) is 52.7. The molecule has 0 aliphatic rings. The van der Waals surface area contributed by atoms with Crippen LogP contribution in [0.2, 0.25) is 0 Å². The highest BCUT2D eigenvalue weighted by Crippen LogP contribution is 2.35. The first-order valence-electron chi connectivity index (χ1n) is 10.5. The van der Waals surface area contributed by atoms with Crippen molar-refractivity contribution in [3.8, 4) is 0 Å². The van der Waals surface area contributed by atoms with Gasteiger partial charge >= 0.3 is 0 Å². The summed E-state index contributed by atoms with van der Waals surface area (Å²) in [6.45, 7) is 7.80. The van der Waals surface area contributed by atoms with Gasteiger partial charge in [-0.25, -0.2) is 0 Å². The van der Waals surface area contributed by atoms with Crippen LogP contribution < -0.4 is 22.2 Å². The number of benzene rings is 1. The molecule has 1 aromatic carbocycles. The zero-order valence-corrected chi connectivity index (χ0v) is 20.9. The standard InChI is InChI=1S/C22H26Br2N2O4/c1-5-7-9-11(3)25-19(27)13-14(20(25)28)18(24)16-15(17(13)23)21(29)26(22(16)30)12(4)10-8-6-2/h11-12H,5-10H2,1-4H3. The second-order valence-electron chi connectivity index (χ2n) is 8.07. The van der Waals surface area contributed by atoms with E-state index in [-0.39, 0.29) is 42.6 Å². The van der Waals surface area contributed by atoms with Crippen LogP contribution in [0.3, 0.4) is 0 Å². The maximum Gasteiger partial charge on any atom is 0.263 e. The van der Waals surface area contributed by atoms with E-state index in [0.717, 1.165) is 25.7 Å². The molecule has 0 aliphatic carbocycles. The van der Waals surface area contributed by atoms with Crippen LogP contribution in [0.4, 0.5) is 0 Å². The third-order valence-corrected chi connectivity index (χ3v) is 7.53. The Kier molecular flexibility index (Phi) is 6.87. The Morgan fingerprint density at radius 2 is 0.900 bits per heavy atom. The number of nitrogens with zero attached hydrogens (tertiary/aromatic N) is 2. The van der Waals surface area contributed by atoms with E-state index in [0.29, 0.717) is 12.8 Å². The Hall–Kier alpha value is -1.54. The maximum absolute atomic E-state index is 13.2. The van der Waals surface area contributed by atoms with Crippen molar-refractivity contribution in [2.24, 2.45) is 0 Å². The number of aromatic nitrogens is 2. The van der Waals surface area contributed by atoms with Crippen molar-refractivity contribution in [3.63, 3.8) is 0 Å². The average molecular weight is 542 g/mol. The summed E-state index contributed by atoms with van der Waals surface area (Å²) >= 11 is 6.78. The monoisotopic (exact) mass is 540 g/mol. The minimum Gasteiger partial charge on any atom is -0.271 e. The highest BCUT2D eigenvalue weighted by molar-refractivity contribution is 9.11. The third kappa shape index (κ3) is 3.45. The van der Waals surface area contributed by atoms with Crippen LogP contribution in [0.5, 0.6) is 0 Å². The number of unbranched alkanes of at least 4 members (excludes halogenated alkanes) is 2. The van der Waals surface area contributed by atoms with Crippen LogP contribution >= 0.6 is 31.9 Å². The molecule has 2 unspecified atom stereocenters.